The van der Waals surface area contributed by atoms with E-state index in [0.717, 1.165) is 0 Å². The maximum Gasteiger partial charge on any atom is 0.243 e. The zero-order chi connectivity index (χ0) is 25.9. The number of hydrogen-bond acceptors (Lipinski definition) is 8. The van der Waals surface area contributed by atoms with Gasteiger partial charge in [-0.2, -0.15) is 8.61 Å². The first-order valence-electron chi connectivity index (χ1n) is 11.8. The fourth-order valence-corrected chi connectivity index (χ4v) is 7.32. The van der Waals surface area contributed by atoms with Crippen LogP contribution in [0.5, 0.6) is 0 Å². The molecule has 36 heavy (non-hydrogen) atoms. The summed E-state index contributed by atoms with van der Waals surface area (Å²) in [6, 6.07) is 12.2. The van der Waals surface area contributed by atoms with Gasteiger partial charge >= 0.3 is 0 Å². The molecule has 0 spiro atoms. The van der Waals surface area contributed by atoms with Gasteiger partial charge in [-0.25, -0.2) is 16.8 Å². The number of carbonyl (C=O) groups is 1. The highest BCUT2D eigenvalue weighted by Crippen LogP contribution is 2.23. The van der Waals surface area contributed by atoms with Crippen molar-refractivity contribution in [2.45, 2.75) is 35.8 Å². The van der Waals surface area contributed by atoms with Gasteiger partial charge in [0.15, 0.2) is 5.78 Å². The molecule has 2 aromatic carbocycles. The molecule has 0 saturated carbocycles. The predicted molar refractivity (Wildman–Crippen MR) is 134 cm³/mol. The molecule has 4 rings (SSSR count). The average molecular weight is 538 g/mol. The van der Waals surface area contributed by atoms with Crippen molar-refractivity contribution in [1.29, 1.82) is 0 Å². The highest BCUT2D eigenvalue weighted by Gasteiger charge is 2.32. The molecule has 2 unspecified atom stereocenters. The Bertz CT molecular complexity index is 1280. The van der Waals surface area contributed by atoms with E-state index in [2.05, 4.69) is 5.32 Å². The van der Waals surface area contributed by atoms with Crippen molar-refractivity contribution in [1.82, 2.24) is 8.61 Å². The molecule has 2 aromatic rings. The van der Waals surface area contributed by atoms with Gasteiger partial charge < -0.3 is 14.8 Å². The Morgan fingerprint density at radius 2 is 1.50 bits per heavy atom. The lowest BCUT2D eigenvalue weighted by molar-refractivity contribution is -0.0440. The first-order valence-corrected chi connectivity index (χ1v) is 14.7. The summed E-state index contributed by atoms with van der Waals surface area (Å²) in [7, 11) is -7.37. The van der Waals surface area contributed by atoms with E-state index in [4.69, 9.17) is 9.47 Å². The fourth-order valence-electron chi connectivity index (χ4n) is 4.27. The van der Waals surface area contributed by atoms with Crippen molar-refractivity contribution < 1.29 is 31.1 Å². The van der Waals surface area contributed by atoms with Crippen LogP contribution in [0.15, 0.2) is 58.3 Å². The van der Waals surface area contributed by atoms with Crippen LogP contribution in [0.25, 0.3) is 0 Å². The average Bonchev–Trinajstić information content (AvgIpc) is 2.87. The van der Waals surface area contributed by atoms with E-state index < -0.39 is 20.0 Å². The van der Waals surface area contributed by atoms with Gasteiger partial charge in [0.2, 0.25) is 20.0 Å². The maximum absolute atomic E-state index is 13.1. The largest absolute Gasteiger partial charge is 0.379 e. The molecule has 12 heteroatoms. The number of nitrogens with zero attached hydrogens (tertiary/aromatic N) is 2. The van der Waals surface area contributed by atoms with Crippen molar-refractivity contribution in [2.75, 3.05) is 51.3 Å². The molecular weight excluding hydrogens is 506 g/mol. The minimum absolute atomic E-state index is 0.0623. The molecule has 0 amide bonds. The second-order valence-electron chi connectivity index (χ2n) is 8.92. The van der Waals surface area contributed by atoms with Crippen molar-refractivity contribution >= 4 is 31.5 Å². The van der Waals surface area contributed by atoms with Crippen molar-refractivity contribution in [3.05, 3.63) is 54.1 Å². The minimum atomic E-state index is -3.77. The molecule has 2 saturated heterocycles. The normalized spacial score (nSPS) is 22.3. The summed E-state index contributed by atoms with van der Waals surface area (Å²) in [6.07, 6.45) is -0.430. The Morgan fingerprint density at radius 1 is 0.889 bits per heavy atom. The molecule has 2 fully saturated rings. The van der Waals surface area contributed by atoms with Gasteiger partial charge in [0, 0.05) is 37.4 Å². The first kappa shape index (κ1) is 26.7. The van der Waals surface area contributed by atoms with Crippen LogP contribution in [0.4, 0.5) is 5.69 Å². The molecular formula is C24H31N3O7S2. The zero-order valence-electron chi connectivity index (χ0n) is 20.3. The topological polar surface area (TPSA) is 122 Å². The number of carbonyl (C=O) groups excluding carboxylic acids is 1. The number of ketones is 1. The number of nitrogens with one attached hydrogen (secondary N) is 1. The summed E-state index contributed by atoms with van der Waals surface area (Å²) in [6.45, 7) is 5.45. The van der Waals surface area contributed by atoms with Crippen molar-refractivity contribution in [3.63, 3.8) is 0 Å². The van der Waals surface area contributed by atoms with E-state index in [-0.39, 0.29) is 53.0 Å². The summed E-state index contributed by atoms with van der Waals surface area (Å²) in [5.74, 6) is -0.291. The number of ether oxygens (including phenoxy) is 2. The highest BCUT2D eigenvalue weighted by atomic mass is 32.2. The van der Waals surface area contributed by atoms with E-state index in [9.17, 15) is 21.6 Å². The minimum Gasteiger partial charge on any atom is -0.379 e. The van der Waals surface area contributed by atoms with Gasteiger partial charge in [0.05, 0.1) is 41.8 Å². The van der Waals surface area contributed by atoms with Crippen LogP contribution in [0.3, 0.4) is 0 Å². The maximum atomic E-state index is 13.1. The summed E-state index contributed by atoms with van der Waals surface area (Å²) in [5, 5.41) is 2.98. The zero-order valence-corrected chi connectivity index (χ0v) is 21.9. The third-order valence-corrected chi connectivity index (χ3v) is 9.84. The molecule has 2 aliphatic heterocycles. The van der Waals surface area contributed by atoms with Crippen molar-refractivity contribution in [3.8, 4) is 0 Å². The van der Waals surface area contributed by atoms with Gasteiger partial charge in [0.1, 0.15) is 0 Å². The fraction of sp³-hybridized carbons (Fsp3) is 0.458. The highest BCUT2D eigenvalue weighted by molar-refractivity contribution is 7.89. The lowest BCUT2D eigenvalue weighted by Gasteiger charge is -2.34. The van der Waals surface area contributed by atoms with Crippen LogP contribution >= 0.6 is 0 Å². The van der Waals surface area contributed by atoms with Crippen LogP contribution in [-0.2, 0) is 29.5 Å². The summed E-state index contributed by atoms with van der Waals surface area (Å²) < 4.78 is 65.4. The third kappa shape index (κ3) is 5.96. The quantitative estimate of drug-likeness (QED) is 0.506. The Labute approximate surface area is 212 Å². The van der Waals surface area contributed by atoms with Crippen LogP contribution in [0.2, 0.25) is 0 Å². The van der Waals surface area contributed by atoms with Gasteiger partial charge in [-0.3, -0.25) is 4.79 Å². The number of benzene rings is 2. The Hall–Kier alpha value is -2.35. The van der Waals surface area contributed by atoms with Crippen LogP contribution in [0, 0.1) is 0 Å². The molecule has 0 aromatic heterocycles. The summed E-state index contributed by atoms with van der Waals surface area (Å²) in [5.41, 5.74) is 0.841. The smallest absolute Gasteiger partial charge is 0.243 e. The van der Waals surface area contributed by atoms with E-state index in [0.29, 0.717) is 32.0 Å². The summed E-state index contributed by atoms with van der Waals surface area (Å²) >= 11 is 0. The van der Waals surface area contributed by atoms with E-state index in [1.54, 1.807) is 24.3 Å². The molecule has 0 radical (unpaired) electrons. The number of Topliss-reactive ketones (excluding diaryl/α,β-unsaturated/α-hetero) is 1. The number of sulfonamides is 2. The van der Waals surface area contributed by atoms with Gasteiger partial charge in [-0.05, 0) is 50.2 Å². The third-order valence-electron chi connectivity index (χ3n) is 6.10. The molecule has 1 N–H and O–H groups in total. The second-order valence-corrected chi connectivity index (χ2v) is 12.8. The van der Waals surface area contributed by atoms with E-state index in [1.807, 2.05) is 13.8 Å². The SMILES string of the molecule is CC1CN(S(=O)(=O)c2cccc(C(=O)CNc3ccc(S(=O)(=O)N4CCOCC4)cc3)c2)CC(C)O1. The Balaban J connectivity index is 1.40. The number of morpholine rings is 2. The van der Waals surface area contributed by atoms with Gasteiger partial charge in [-0.1, -0.05) is 12.1 Å². The van der Waals surface area contributed by atoms with E-state index >= 15 is 0 Å². The molecule has 196 valence electrons. The van der Waals surface area contributed by atoms with E-state index in [1.165, 1.54) is 32.9 Å². The number of hydrogen-bond donors (Lipinski definition) is 1. The molecule has 10 nitrogen and oxygen atoms in total. The number of anilines is 1. The molecule has 2 aliphatic rings. The Kier molecular flexibility index (Phi) is 8.12. The second kappa shape index (κ2) is 11.0. The Morgan fingerprint density at radius 3 is 2.14 bits per heavy atom. The first-order chi connectivity index (χ1) is 17.1. The lowest BCUT2D eigenvalue weighted by atomic mass is 10.1. The standard InChI is InChI=1S/C24H31N3O7S2/c1-18-16-27(17-19(2)34-18)36(31,32)23-5-3-4-20(14-23)24(28)15-25-21-6-8-22(9-7-21)35(29,30)26-10-12-33-13-11-26/h3-9,14,18-19,25H,10-13,15-17H2,1-2H3. The summed E-state index contributed by atoms with van der Waals surface area (Å²) in [4.78, 5) is 13.0. The van der Waals surface area contributed by atoms with Gasteiger partial charge in [0.25, 0.3) is 0 Å². The molecule has 0 bridgehead atoms. The molecule has 2 heterocycles. The monoisotopic (exact) mass is 537 g/mol. The molecule has 2 atom stereocenters. The lowest BCUT2D eigenvalue weighted by Crippen LogP contribution is -2.48. The predicted octanol–water partition coefficient (Wildman–Crippen LogP) is 1.80. The molecule has 0 aliphatic carbocycles. The van der Waals surface area contributed by atoms with Crippen LogP contribution in [0.1, 0.15) is 24.2 Å². The number of rotatable bonds is 8. The van der Waals surface area contributed by atoms with Crippen LogP contribution < -0.4 is 5.32 Å². The van der Waals surface area contributed by atoms with Gasteiger partial charge in [-0.15, -0.1) is 0 Å². The van der Waals surface area contributed by atoms with Crippen molar-refractivity contribution in [2.24, 2.45) is 0 Å². The van der Waals surface area contributed by atoms with Crippen LogP contribution in [-0.4, -0.2) is 89.4 Å².